The van der Waals surface area contributed by atoms with Crippen LogP contribution in [0, 0.1) is 0 Å². The molecule has 6 heteroatoms. The van der Waals surface area contributed by atoms with Crippen LogP contribution in [0.3, 0.4) is 0 Å². The number of nitrogens with two attached hydrogens (primary N) is 1. The molecule has 0 spiro atoms. The lowest BCUT2D eigenvalue weighted by molar-refractivity contribution is 0.224. The van der Waals surface area contributed by atoms with Crippen LogP contribution in [-0.2, 0) is 12.5 Å². The second kappa shape index (κ2) is 8.31. The standard InChI is InChI=1S/C20H24N3O2Si/c1-23(2)12-11-16-13-22-17-9-6-10-18(19(16)17)25-20(24)26(21)14-15-7-4-3-5-8-15/h3-10,13,22H,11-12,14,21H2,1-2H3. The molecule has 0 saturated carbocycles. The van der Waals surface area contributed by atoms with E-state index in [9.17, 15) is 4.79 Å². The number of nitrogens with one attached hydrogen (secondary N) is 1. The van der Waals surface area contributed by atoms with Crippen LogP contribution in [0.2, 0.25) is 0 Å². The number of likely N-dealkylation sites (N-methyl/N-ethyl adjacent to an activating group) is 1. The van der Waals surface area contributed by atoms with E-state index in [4.69, 9.17) is 10.1 Å². The van der Waals surface area contributed by atoms with Gasteiger partial charge >= 0.3 is 0 Å². The fourth-order valence-corrected chi connectivity index (χ4v) is 3.96. The van der Waals surface area contributed by atoms with Crippen molar-refractivity contribution in [2.24, 2.45) is 5.40 Å². The van der Waals surface area contributed by atoms with Gasteiger partial charge in [-0.05, 0) is 49.8 Å². The zero-order chi connectivity index (χ0) is 18.5. The Morgan fingerprint density at radius 2 is 1.92 bits per heavy atom. The van der Waals surface area contributed by atoms with Gasteiger partial charge < -0.3 is 20.0 Å². The van der Waals surface area contributed by atoms with Crippen molar-refractivity contribution < 1.29 is 9.53 Å². The molecule has 0 fully saturated rings. The summed E-state index contributed by atoms with van der Waals surface area (Å²) in [5, 5.41) is 7.14. The summed E-state index contributed by atoms with van der Waals surface area (Å²) in [6, 6.07) is 16.1. The van der Waals surface area contributed by atoms with Crippen LogP contribution in [0.25, 0.3) is 10.9 Å². The number of aromatic nitrogens is 1. The number of aromatic amines is 1. The van der Waals surface area contributed by atoms with Crippen LogP contribution in [0.15, 0.2) is 54.7 Å². The third-order valence-electron chi connectivity index (χ3n) is 4.28. The third-order valence-corrected chi connectivity index (χ3v) is 5.70. The van der Waals surface area contributed by atoms with E-state index in [0.29, 0.717) is 11.8 Å². The summed E-state index contributed by atoms with van der Waals surface area (Å²) in [5.74, 6) is 0.587. The van der Waals surface area contributed by atoms with Gasteiger partial charge in [0.05, 0.1) is 0 Å². The minimum atomic E-state index is -1.79. The first-order valence-electron chi connectivity index (χ1n) is 8.65. The zero-order valence-corrected chi connectivity index (χ0v) is 16.2. The average Bonchev–Trinajstić information content (AvgIpc) is 3.05. The van der Waals surface area contributed by atoms with Gasteiger partial charge in [-0.2, -0.15) is 0 Å². The summed E-state index contributed by atoms with van der Waals surface area (Å²) in [5.41, 5.74) is 2.86. The summed E-state index contributed by atoms with van der Waals surface area (Å²) in [4.78, 5) is 17.9. The number of H-pyrrole nitrogens is 1. The molecule has 3 N–H and O–H groups in total. The molecule has 1 radical (unpaired) electrons. The van der Waals surface area contributed by atoms with Crippen molar-refractivity contribution in [1.82, 2.24) is 9.88 Å². The van der Waals surface area contributed by atoms with E-state index in [2.05, 4.69) is 9.88 Å². The van der Waals surface area contributed by atoms with Crippen molar-refractivity contribution in [1.29, 1.82) is 0 Å². The molecule has 0 aliphatic heterocycles. The van der Waals surface area contributed by atoms with E-state index in [-0.39, 0.29) is 5.59 Å². The molecular formula is C20H24N3O2Si. The molecule has 5 nitrogen and oxygen atoms in total. The van der Waals surface area contributed by atoms with Crippen LogP contribution >= 0.6 is 0 Å². The molecule has 0 atom stereocenters. The summed E-state index contributed by atoms with van der Waals surface area (Å²) in [7, 11) is 2.30. The first-order valence-corrected chi connectivity index (χ1v) is 10.4. The molecule has 3 aromatic rings. The van der Waals surface area contributed by atoms with Crippen molar-refractivity contribution >= 4 is 25.5 Å². The number of carbonyl (C=O) groups excluding carboxylic acids is 1. The predicted octanol–water partition coefficient (Wildman–Crippen LogP) is 3.08. The van der Waals surface area contributed by atoms with Gasteiger partial charge in [0, 0.05) is 23.6 Å². The van der Waals surface area contributed by atoms with Gasteiger partial charge in [0.15, 0.2) is 0 Å². The van der Waals surface area contributed by atoms with Crippen LogP contribution in [0.1, 0.15) is 11.1 Å². The van der Waals surface area contributed by atoms with Crippen molar-refractivity contribution in [2.75, 3.05) is 20.6 Å². The van der Waals surface area contributed by atoms with Crippen molar-refractivity contribution in [2.45, 2.75) is 12.5 Å². The van der Waals surface area contributed by atoms with E-state index in [1.165, 1.54) is 0 Å². The number of nitrogens with zero attached hydrogens (tertiary/aromatic N) is 1. The molecule has 0 aliphatic carbocycles. The lowest BCUT2D eigenvalue weighted by atomic mass is 10.1. The lowest BCUT2D eigenvalue weighted by Crippen LogP contribution is -2.41. The van der Waals surface area contributed by atoms with Crippen molar-refractivity contribution in [3.8, 4) is 5.75 Å². The highest BCUT2D eigenvalue weighted by molar-refractivity contribution is 6.86. The zero-order valence-electron chi connectivity index (χ0n) is 15.2. The molecule has 1 aromatic heterocycles. The molecule has 1 heterocycles. The minimum absolute atomic E-state index is 0.314. The quantitative estimate of drug-likeness (QED) is 0.631. The second-order valence-corrected chi connectivity index (χ2v) is 8.44. The Labute approximate surface area is 155 Å². The molecule has 0 aliphatic rings. The molecule has 26 heavy (non-hydrogen) atoms. The smallest absolute Gasteiger partial charge is 0.294 e. The number of carbonyl (C=O) groups is 1. The van der Waals surface area contributed by atoms with Gasteiger partial charge in [-0.1, -0.05) is 36.4 Å². The highest BCUT2D eigenvalue weighted by Crippen LogP contribution is 2.29. The number of rotatable bonds is 7. The highest BCUT2D eigenvalue weighted by atomic mass is 28.3. The van der Waals surface area contributed by atoms with E-state index < -0.39 is 8.96 Å². The van der Waals surface area contributed by atoms with E-state index in [1.54, 1.807) is 0 Å². The third kappa shape index (κ3) is 4.40. The number of benzene rings is 2. The van der Waals surface area contributed by atoms with Crippen molar-refractivity contribution in [3.05, 3.63) is 65.9 Å². The van der Waals surface area contributed by atoms with E-state index in [1.807, 2.05) is 68.8 Å². The SMILES string of the molecule is CN(C)CCc1c[nH]c2cccc(OC(=O)[Si](N)Cc3ccccc3)c12. The largest absolute Gasteiger partial charge is 0.429 e. The maximum absolute atomic E-state index is 12.5. The van der Waals surface area contributed by atoms with E-state index in [0.717, 1.165) is 35.0 Å². The maximum Gasteiger partial charge on any atom is 0.294 e. The molecule has 0 saturated heterocycles. The summed E-state index contributed by atoms with van der Waals surface area (Å²) in [6.07, 6.45) is 2.87. The van der Waals surface area contributed by atoms with E-state index >= 15 is 0 Å². The van der Waals surface area contributed by atoms with Gasteiger partial charge in [0.1, 0.15) is 5.75 Å². The maximum atomic E-state index is 12.5. The molecule has 135 valence electrons. The summed E-state index contributed by atoms with van der Waals surface area (Å²) in [6.45, 7) is 0.926. The number of hydrogen-bond acceptors (Lipinski definition) is 4. The van der Waals surface area contributed by atoms with Crippen LogP contribution in [-0.4, -0.2) is 45.1 Å². The fourth-order valence-electron chi connectivity index (χ4n) is 2.90. The Hall–Kier alpha value is -2.41. The predicted molar refractivity (Wildman–Crippen MR) is 107 cm³/mol. The Morgan fingerprint density at radius 3 is 2.65 bits per heavy atom. The summed E-state index contributed by atoms with van der Waals surface area (Å²) < 4.78 is 5.72. The molecular weight excluding hydrogens is 342 g/mol. The van der Waals surface area contributed by atoms with Crippen LogP contribution in [0.5, 0.6) is 5.75 Å². The topological polar surface area (TPSA) is 71.3 Å². The Morgan fingerprint density at radius 1 is 1.15 bits per heavy atom. The molecule has 2 aromatic carbocycles. The number of ether oxygens (including phenoxy) is 1. The molecule has 3 rings (SSSR count). The van der Waals surface area contributed by atoms with Gasteiger partial charge in [-0.25, -0.2) is 0 Å². The molecule has 0 unspecified atom stereocenters. The van der Waals surface area contributed by atoms with Crippen molar-refractivity contribution in [3.63, 3.8) is 0 Å². The normalized spacial score (nSPS) is 11.4. The summed E-state index contributed by atoms with van der Waals surface area (Å²) >= 11 is 0. The van der Waals surface area contributed by atoms with Gasteiger partial charge in [0.25, 0.3) is 14.6 Å². The highest BCUT2D eigenvalue weighted by Gasteiger charge is 2.22. The number of hydrogen-bond donors (Lipinski definition) is 2. The monoisotopic (exact) mass is 366 g/mol. The minimum Gasteiger partial charge on any atom is -0.429 e. The Balaban J connectivity index is 1.77. The average molecular weight is 367 g/mol. The van der Waals surface area contributed by atoms with Gasteiger partial charge in [-0.3, -0.25) is 4.79 Å². The van der Waals surface area contributed by atoms with Gasteiger partial charge in [0.2, 0.25) is 0 Å². The number of fused-ring (bicyclic) bond motifs is 1. The lowest BCUT2D eigenvalue weighted by Gasteiger charge is -2.12. The molecule has 0 amide bonds. The van der Waals surface area contributed by atoms with Gasteiger partial charge in [-0.15, -0.1) is 0 Å². The Bertz CT molecular complexity index is 877. The first kappa shape index (κ1) is 18.4. The first-order chi connectivity index (χ1) is 12.5. The van der Waals surface area contributed by atoms with Crippen LogP contribution in [0.4, 0.5) is 4.79 Å². The second-order valence-electron chi connectivity index (χ2n) is 6.62. The fraction of sp³-hybridized carbons (Fsp3) is 0.250. The van der Waals surface area contributed by atoms with Crippen LogP contribution < -0.4 is 10.1 Å². The Kier molecular flexibility index (Phi) is 5.88. The molecule has 0 bridgehead atoms.